The number of carbonyl (C=O) groups excluding carboxylic acids is 2. The molecule has 1 aromatic heterocycles. The Morgan fingerprint density at radius 1 is 0.938 bits per heavy atom. The normalized spacial score (nSPS) is 13.8. The fraction of sp³-hybridized carbons (Fsp3) is 0.259. The summed E-state index contributed by atoms with van der Waals surface area (Å²) in [7, 11) is 0. The second-order valence-corrected chi connectivity index (χ2v) is 8.92. The summed E-state index contributed by atoms with van der Waals surface area (Å²) in [6, 6.07) is 20.3. The molecule has 0 saturated carbocycles. The van der Waals surface area contributed by atoms with Crippen LogP contribution in [0.3, 0.4) is 0 Å². The minimum absolute atomic E-state index is 0.201. The molecule has 0 spiro atoms. The van der Waals surface area contributed by atoms with E-state index in [9.17, 15) is 9.59 Å². The maximum Gasteiger partial charge on any atom is 0.419 e. The molecule has 0 radical (unpaired) electrons. The van der Waals surface area contributed by atoms with Crippen molar-refractivity contribution in [3.8, 4) is 0 Å². The number of fused-ring (bicyclic) bond motifs is 1. The van der Waals surface area contributed by atoms with Crippen molar-refractivity contribution in [2.45, 2.75) is 45.3 Å². The van der Waals surface area contributed by atoms with E-state index in [1.165, 1.54) is 0 Å². The molecule has 1 aliphatic rings. The minimum atomic E-state index is -0.633. The first-order valence-electron chi connectivity index (χ1n) is 10.9. The van der Waals surface area contributed by atoms with Crippen LogP contribution in [0, 0.1) is 0 Å². The number of nitrogens with zero attached hydrogens (tertiary/aromatic N) is 1. The van der Waals surface area contributed by atoms with Gasteiger partial charge in [0.25, 0.3) is 5.91 Å². The molecular formula is C27H28N2O3. The first kappa shape index (κ1) is 21.6. The van der Waals surface area contributed by atoms with E-state index in [0.717, 1.165) is 23.2 Å². The second kappa shape index (κ2) is 8.87. The quantitative estimate of drug-likeness (QED) is 0.563. The number of benzene rings is 2. The number of hydrogen-bond donors (Lipinski definition) is 1. The van der Waals surface area contributed by atoms with Crippen molar-refractivity contribution < 1.29 is 14.3 Å². The van der Waals surface area contributed by atoms with Gasteiger partial charge in [-0.05, 0) is 56.5 Å². The van der Waals surface area contributed by atoms with Gasteiger partial charge in [-0.2, -0.15) is 0 Å². The van der Waals surface area contributed by atoms with Crippen molar-refractivity contribution >= 4 is 12.0 Å². The molecule has 1 unspecified atom stereocenters. The van der Waals surface area contributed by atoms with Gasteiger partial charge in [0.15, 0.2) is 0 Å². The lowest BCUT2D eigenvalue weighted by Crippen LogP contribution is -2.34. The summed E-state index contributed by atoms with van der Waals surface area (Å²) in [6.07, 6.45) is 5.12. The monoisotopic (exact) mass is 428 g/mol. The van der Waals surface area contributed by atoms with Crippen LogP contribution in [0.4, 0.5) is 4.79 Å². The number of carbonyl (C=O) groups is 2. The maximum atomic E-state index is 13.3. The zero-order valence-corrected chi connectivity index (χ0v) is 18.7. The summed E-state index contributed by atoms with van der Waals surface area (Å²) in [5.74, 6) is -0.201. The number of aromatic nitrogens is 1. The van der Waals surface area contributed by atoms with E-state index in [1.54, 1.807) is 16.7 Å². The topological polar surface area (TPSA) is 60.3 Å². The third-order valence-electron chi connectivity index (χ3n) is 5.35. The summed E-state index contributed by atoms with van der Waals surface area (Å²) in [5.41, 5.74) is 3.50. The van der Waals surface area contributed by atoms with Gasteiger partial charge in [0.1, 0.15) is 5.60 Å². The molecule has 0 fully saturated rings. The van der Waals surface area contributed by atoms with Crippen LogP contribution in [0.5, 0.6) is 0 Å². The number of hydrogen-bond acceptors (Lipinski definition) is 3. The van der Waals surface area contributed by atoms with Crippen molar-refractivity contribution in [1.29, 1.82) is 0 Å². The Bertz CT molecular complexity index is 1140. The van der Waals surface area contributed by atoms with Crippen molar-refractivity contribution in [1.82, 2.24) is 9.88 Å². The van der Waals surface area contributed by atoms with E-state index in [1.807, 2.05) is 75.4 Å². The van der Waals surface area contributed by atoms with Crippen molar-refractivity contribution in [2.24, 2.45) is 0 Å². The highest BCUT2D eigenvalue weighted by atomic mass is 16.6. The molecule has 4 rings (SSSR count). The molecule has 32 heavy (non-hydrogen) atoms. The van der Waals surface area contributed by atoms with E-state index in [2.05, 4.69) is 17.5 Å². The largest absolute Gasteiger partial charge is 0.443 e. The van der Waals surface area contributed by atoms with E-state index >= 15 is 0 Å². The second-order valence-electron chi connectivity index (χ2n) is 8.92. The third-order valence-corrected chi connectivity index (χ3v) is 5.35. The van der Waals surface area contributed by atoms with Gasteiger partial charge >= 0.3 is 6.09 Å². The van der Waals surface area contributed by atoms with E-state index < -0.39 is 17.7 Å². The molecule has 1 aliphatic carbocycles. The van der Waals surface area contributed by atoms with Crippen LogP contribution < -0.4 is 5.32 Å². The Balaban J connectivity index is 1.81. The maximum absolute atomic E-state index is 13.3. The highest BCUT2D eigenvalue weighted by Gasteiger charge is 2.30. The van der Waals surface area contributed by atoms with Crippen LogP contribution in [0.1, 0.15) is 59.7 Å². The summed E-state index contributed by atoms with van der Waals surface area (Å²) < 4.78 is 7.40. The molecule has 5 heteroatoms. The predicted octanol–water partition coefficient (Wildman–Crippen LogP) is 5.45. The first-order valence-corrected chi connectivity index (χ1v) is 10.9. The van der Waals surface area contributed by atoms with Crippen LogP contribution in [0.15, 0.2) is 78.9 Å². The number of nitrogens with one attached hydrogen (secondary N) is 1. The fourth-order valence-corrected chi connectivity index (χ4v) is 3.94. The molecule has 1 heterocycles. The Morgan fingerprint density at radius 3 is 2.22 bits per heavy atom. The fourth-order valence-electron chi connectivity index (χ4n) is 3.94. The zero-order valence-electron chi connectivity index (χ0n) is 18.7. The molecule has 164 valence electrons. The Morgan fingerprint density at radius 2 is 1.56 bits per heavy atom. The van der Waals surface area contributed by atoms with E-state index in [4.69, 9.17) is 4.74 Å². The van der Waals surface area contributed by atoms with Gasteiger partial charge in [-0.1, -0.05) is 60.7 Å². The van der Waals surface area contributed by atoms with Crippen LogP contribution in [-0.4, -0.2) is 22.2 Å². The van der Waals surface area contributed by atoms with E-state index in [-0.39, 0.29) is 5.91 Å². The lowest BCUT2D eigenvalue weighted by atomic mass is 10.0. The van der Waals surface area contributed by atoms with Crippen molar-refractivity contribution in [3.05, 3.63) is 107 Å². The molecule has 1 amide bonds. The lowest BCUT2D eigenvalue weighted by Gasteiger charge is -2.25. The molecule has 5 nitrogen and oxygen atoms in total. The number of amides is 1. The molecule has 0 saturated heterocycles. The van der Waals surface area contributed by atoms with Crippen molar-refractivity contribution in [3.63, 3.8) is 0 Å². The van der Waals surface area contributed by atoms with Crippen LogP contribution in [0.25, 0.3) is 0 Å². The van der Waals surface area contributed by atoms with Crippen LogP contribution in [-0.2, 0) is 17.6 Å². The van der Waals surface area contributed by atoms with Gasteiger partial charge < -0.3 is 10.1 Å². The highest BCUT2D eigenvalue weighted by molar-refractivity contribution is 5.94. The van der Waals surface area contributed by atoms with Gasteiger partial charge in [-0.3, -0.25) is 9.36 Å². The minimum Gasteiger partial charge on any atom is -0.443 e. The van der Waals surface area contributed by atoms with Crippen LogP contribution in [0.2, 0.25) is 0 Å². The Kier molecular flexibility index (Phi) is 5.99. The summed E-state index contributed by atoms with van der Waals surface area (Å²) in [6.45, 7) is 5.56. The summed E-state index contributed by atoms with van der Waals surface area (Å²) in [4.78, 5) is 26.4. The van der Waals surface area contributed by atoms with Gasteiger partial charge in [-0.15, -0.1) is 0 Å². The third kappa shape index (κ3) is 4.67. The standard InChI is InChI=1S/C27H28N2O3/c1-27(2,3)32-26(31)29-22-17-11-10-16-21(22)18-23(29)24(19-12-6-4-7-13-19)28-25(30)20-14-8-5-9-15-20/h4-15,18,24H,16-17H2,1-3H3,(H,28,30). The van der Waals surface area contributed by atoms with Gasteiger partial charge in [-0.25, -0.2) is 4.79 Å². The molecule has 1 N–H and O–H groups in total. The smallest absolute Gasteiger partial charge is 0.419 e. The Labute approximate surface area is 188 Å². The average Bonchev–Trinajstić information content (AvgIpc) is 3.17. The van der Waals surface area contributed by atoms with Crippen LogP contribution >= 0.6 is 0 Å². The molecule has 0 bridgehead atoms. The summed E-state index contributed by atoms with van der Waals surface area (Å²) in [5, 5.41) is 3.15. The SMILES string of the molecule is CC(C)(C)OC(=O)n1c(C(NC(=O)c2ccccc2)c2ccccc2)cc2c1CC=CC2. The average molecular weight is 429 g/mol. The molecule has 3 aromatic rings. The Hall–Kier alpha value is -3.60. The van der Waals surface area contributed by atoms with Gasteiger partial charge in [0.05, 0.1) is 11.7 Å². The summed E-state index contributed by atoms with van der Waals surface area (Å²) >= 11 is 0. The highest BCUT2D eigenvalue weighted by Crippen LogP contribution is 2.31. The molecular weight excluding hydrogens is 400 g/mol. The molecule has 0 aliphatic heterocycles. The molecule has 2 aromatic carbocycles. The van der Waals surface area contributed by atoms with Gasteiger partial charge in [0.2, 0.25) is 0 Å². The zero-order chi connectivity index (χ0) is 22.7. The lowest BCUT2D eigenvalue weighted by molar-refractivity contribution is 0.0525. The molecule has 1 atom stereocenters. The number of allylic oxidation sites excluding steroid dienone is 2. The first-order chi connectivity index (χ1) is 15.3. The van der Waals surface area contributed by atoms with Crippen molar-refractivity contribution in [2.75, 3.05) is 0 Å². The van der Waals surface area contributed by atoms with E-state index in [0.29, 0.717) is 17.7 Å². The van der Waals surface area contributed by atoms with Gasteiger partial charge in [0, 0.05) is 17.7 Å². The predicted molar refractivity (Wildman–Crippen MR) is 125 cm³/mol. The number of ether oxygens (including phenoxy) is 1. The number of rotatable bonds is 4.